The van der Waals surface area contributed by atoms with Crippen molar-refractivity contribution in [2.45, 2.75) is 59.4 Å². The fraction of sp³-hybridized carbons (Fsp3) is 0.600. The number of carbonyl (C=O) groups is 1. The quantitative estimate of drug-likeness (QED) is 0.564. The third-order valence-corrected chi connectivity index (χ3v) is 5.68. The molecule has 133 valence electrons. The van der Waals surface area contributed by atoms with Crippen LogP contribution in [0.2, 0.25) is 0 Å². The predicted octanol–water partition coefficient (Wildman–Crippen LogP) is 4.59. The van der Waals surface area contributed by atoms with Gasteiger partial charge < -0.3 is 9.80 Å². The minimum Gasteiger partial charge on any atom is -0.321 e. The smallest absolute Gasteiger partial charge is 0.282 e. The molecule has 5 heteroatoms. The Labute approximate surface area is 177 Å². The van der Waals surface area contributed by atoms with E-state index >= 15 is 0 Å². The van der Waals surface area contributed by atoms with Crippen molar-refractivity contribution in [2.24, 2.45) is 0 Å². The van der Waals surface area contributed by atoms with Gasteiger partial charge in [-0.05, 0) is 64.5 Å². The summed E-state index contributed by atoms with van der Waals surface area (Å²) < 4.78 is 0.893. The number of likely N-dealkylation sites (tertiary alicyclic amines) is 1. The Morgan fingerprint density at radius 1 is 1.20 bits per heavy atom. The minimum atomic E-state index is -0.0487. The summed E-state index contributed by atoms with van der Waals surface area (Å²) in [6, 6.07) is 3.64. The van der Waals surface area contributed by atoms with Crippen molar-refractivity contribution in [1.29, 1.82) is 0 Å². The summed E-state index contributed by atoms with van der Waals surface area (Å²) in [4.78, 5) is 16.4. The number of carbonyl (C=O) groups excluding carboxylic acids is 1. The summed E-state index contributed by atoms with van der Waals surface area (Å²) in [5.41, 5.74) is 3.41. The van der Waals surface area contributed by atoms with Gasteiger partial charge in [0, 0.05) is 38.4 Å². The normalized spacial score (nSPS) is 17.6. The standard InChI is InChI=1S/C20H29N3O.Y/c1-6-23(11-9-7-8-10-12-23)17(4)20(24)22-19-15(2)13-18(21-5)14-16(19)3;/h13-14,17H,6-12H2,1-4H3;/p+1. The largest absolute Gasteiger partial charge is 0.321 e. The second-order valence-electron chi connectivity index (χ2n) is 7.13. The van der Waals surface area contributed by atoms with E-state index in [0.717, 1.165) is 40.9 Å². The molecule has 1 aromatic carbocycles. The van der Waals surface area contributed by atoms with Crippen molar-refractivity contribution in [2.75, 3.05) is 25.0 Å². The van der Waals surface area contributed by atoms with Gasteiger partial charge in [0.2, 0.25) is 0 Å². The molecule has 0 saturated carbocycles. The van der Waals surface area contributed by atoms with E-state index in [0.29, 0.717) is 5.69 Å². The summed E-state index contributed by atoms with van der Waals surface area (Å²) in [7, 11) is 0. The maximum absolute atomic E-state index is 13.0. The molecule has 1 amide bonds. The maximum atomic E-state index is 13.0. The first-order valence-corrected chi connectivity index (χ1v) is 9.09. The summed E-state index contributed by atoms with van der Waals surface area (Å²) in [5.74, 6) is 0.0977. The Kier molecular flexibility index (Phi) is 8.74. The molecule has 1 aliphatic heterocycles. The molecule has 1 saturated heterocycles. The second-order valence-corrected chi connectivity index (χ2v) is 7.13. The number of quaternary nitrogens is 1. The van der Waals surface area contributed by atoms with Crippen molar-refractivity contribution in [3.05, 3.63) is 34.7 Å². The van der Waals surface area contributed by atoms with E-state index in [1.165, 1.54) is 25.7 Å². The molecule has 0 spiro atoms. The summed E-state index contributed by atoms with van der Waals surface area (Å²) in [6.45, 7) is 18.5. The number of rotatable bonds is 4. The Balaban J connectivity index is 0.00000312. The molecular formula is C20H30N3OY+. The average molecular weight is 417 g/mol. The monoisotopic (exact) mass is 417 g/mol. The molecule has 1 aromatic rings. The van der Waals surface area contributed by atoms with Crippen LogP contribution in [0.3, 0.4) is 0 Å². The predicted molar refractivity (Wildman–Crippen MR) is 99.3 cm³/mol. The topological polar surface area (TPSA) is 33.5 Å². The molecule has 1 radical (unpaired) electrons. The van der Waals surface area contributed by atoms with E-state index in [2.05, 4.69) is 24.0 Å². The molecule has 1 unspecified atom stereocenters. The zero-order valence-corrected chi connectivity index (χ0v) is 18.9. The third kappa shape index (κ3) is 5.12. The van der Waals surface area contributed by atoms with Crippen LogP contribution in [0.15, 0.2) is 12.1 Å². The number of nitrogens with zero attached hydrogens (tertiary/aromatic N) is 2. The van der Waals surface area contributed by atoms with Crippen molar-refractivity contribution < 1.29 is 42.0 Å². The number of hydrogen-bond donors (Lipinski definition) is 1. The van der Waals surface area contributed by atoms with E-state index in [1.54, 1.807) is 0 Å². The van der Waals surface area contributed by atoms with Crippen LogP contribution in [-0.4, -0.2) is 36.1 Å². The van der Waals surface area contributed by atoms with Crippen LogP contribution in [0, 0.1) is 20.4 Å². The zero-order valence-electron chi connectivity index (χ0n) is 16.1. The first-order chi connectivity index (χ1) is 11.4. The Hall–Kier alpha value is -0.756. The van der Waals surface area contributed by atoms with E-state index in [-0.39, 0.29) is 44.7 Å². The molecular weight excluding hydrogens is 387 g/mol. The van der Waals surface area contributed by atoms with Crippen molar-refractivity contribution >= 4 is 17.3 Å². The first kappa shape index (κ1) is 22.3. The third-order valence-electron chi connectivity index (χ3n) is 5.68. The molecule has 0 aromatic heterocycles. The molecule has 1 aliphatic rings. The van der Waals surface area contributed by atoms with Crippen molar-refractivity contribution in [1.82, 2.24) is 0 Å². The Morgan fingerprint density at radius 2 is 1.72 bits per heavy atom. The molecule has 0 bridgehead atoms. The number of likely N-dealkylation sites (N-methyl/N-ethyl adjacent to an activating group) is 1. The van der Waals surface area contributed by atoms with Gasteiger partial charge in [0.05, 0.1) is 26.2 Å². The Morgan fingerprint density at radius 3 is 2.16 bits per heavy atom. The van der Waals surface area contributed by atoms with Crippen LogP contribution < -0.4 is 5.32 Å². The van der Waals surface area contributed by atoms with Crippen LogP contribution in [0.25, 0.3) is 4.85 Å². The van der Waals surface area contributed by atoms with Gasteiger partial charge in [-0.2, -0.15) is 0 Å². The van der Waals surface area contributed by atoms with Gasteiger partial charge in [0.1, 0.15) is 0 Å². The van der Waals surface area contributed by atoms with E-state index < -0.39 is 0 Å². The molecule has 2 rings (SSSR count). The number of benzene rings is 1. The molecule has 0 aliphatic carbocycles. The van der Waals surface area contributed by atoms with Gasteiger partial charge in [-0.15, -0.1) is 0 Å². The molecule has 1 N–H and O–H groups in total. The molecule has 4 nitrogen and oxygen atoms in total. The van der Waals surface area contributed by atoms with Crippen LogP contribution in [0.1, 0.15) is 50.7 Å². The zero-order chi connectivity index (χ0) is 17.7. The van der Waals surface area contributed by atoms with Crippen LogP contribution in [0.5, 0.6) is 0 Å². The SMILES string of the molecule is [C-]#[N+]c1cc(C)c(NC(=O)C(C)[N+]2(CC)CCCCCC2)c(C)c1.[Y]. The number of nitrogens with one attached hydrogen (secondary N) is 1. The Bertz CT molecular complexity index is 620. The fourth-order valence-electron chi connectivity index (χ4n) is 3.97. The van der Waals surface area contributed by atoms with E-state index in [1.807, 2.05) is 26.0 Å². The van der Waals surface area contributed by atoms with Gasteiger partial charge in [0.25, 0.3) is 5.91 Å². The fourth-order valence-corrected chi connectivity index (χ4v) is 3.97. The van der Waals surface area contributed by atoms with E-state index in [9.17, 15) is 4.79 Å². The summed E-state index contributed by atoms with van der Waals surface area (Å²) in [6.07, 6.45) is 4.99. The minimum absolute atomic E-state index is 0. The molecule has 1 heterocycles. The first-order valence-electron chi connectivity index (χ1n) is 9.09. The number of amides is 1. The molecule has 1 fully saturated rings. The van der Waals surface area contributed by atoms with Gasteiger partial charge >= 0.3 is 0 Å². The summed E-state index contributed by atoms with van der Waals surface area (Å²) in [5, 5.41) is 3.15. The molecule has 25 heavy (non-hydrogen) atoms. The van der Waals surface area contributed by atoms with Gasteiger partial charge in [-0.1, -0.05) is 12.1 Å². The van der Waals surface area contributed by atoms with Crippen molar-refractivity contribution in [3.8, 4) is 0 Å². The van der Waals surface area contributed by atoms with Crippen molar-refractivity contribution in [3.63, 3.8) is 0 Å². The van der Waals surface area contributed by atoms with Crippen LogP contribution >= 0.6 is 0 Å². The average Bonchev–Trinajstić information content (AvgIpc) is 2.83. The van der Waals surface area contributed by atoms with Gasteiger partial charge in [0.15, 0.2) is 11.7 Å². The summed E-state index contributed by atoms with van der Waals surface area (Å²) >= 11 is 0. The number of anilines is 1. The van der Waals surface area contributed by atoms with E-state index in [4.69, 9.17) is 6.57 Å². The van der Waals surface area contributed by atoms with Gasteiger partial charge in [-0.25, -0.2) is 4.85 Å². The van der Waals surface area contributed by atoms with Crippen LogP contribution in [-0.2, 0) is 37.5 Å². The number of hydrogen-bond acceptors (Lipinski definition) is 1. The van der Waals surface area contributed by atoms with Crippen LogP contribution in [0.4, 0.5) is 11.4 Å². The number of aryl methyl sites for hydroxylation is 2. The molecule has 1 atom stereocenters. The maximum Gasteiger partial charge on any atom is 0.282 e. The second kappa shape index (κ2) is 9.81. The van der Waals surface area contributed by atoms with Gasteiger partial charge in [-0.3, -0.25) is 4.79 Å².